The van der Waals surface area contributed by atoms with Gasteiger partial charge in [0.05, 0.1) is 4.47 Å². The Bertz CT molecular complexity index is 555. The van der Waals surface area contributed by atoms with Crippen LogP contribution in [0.15, 0.2) is 34.9 Å². The molecule has 0 fully saturated rings. The second-order valence-corrected chi connectivity index (χ2v) is 4.79. The zero-order valence-electron chi connectivity index (χ0n) is 9.59. The average molecular weight is 295 g/mol. The van der Waals surface area contributed by atoms with Gasteiger partial charge in [0, 0.05) is 11.9 Å². The van der Waals surface area contributed by atoms with Crippen LogP contribution >= 0.6 is 15.9 Å². The Hall–Kier alpha value is -1.42. The third-order valence-corrected chi connectivity index (χ3v) is 3.00. The number of aryl methyl sites for hydroxylation is 2. The number of rotatable bonds is 2. The first-order valence-electron chi connectivity index (χ1n) is 5.21. The molecule has 2 aromatic rings. The molecule has 0 bridgehead atoms. The Kier molecular flexibility index (Phi) is 3.43. The number of nitrogens with one attached hydrogen (secondary N) is 1. The zero-order valence-corrected chi connectivity index (χ0v) is 11.2. The lowest BCUT2D eigenvalue weighted by molar-refractivity contribution is 0.619. The van der Waals surface area contributed by atoms with Crippen LogP contribution in [-0.4, -0.2) is 4.98 Å². The Morgan fingerprint density at radius 2 is 2.00 bits per heavy atom. The number of hydrogen-bond acceptors (Lipinski definition) is 2. The average Bonchev–Trinajstić information content (AvgIpc) is 2.27. The number of hydrogen-bond donors (Lipinski definition) is 1. The van der Waals surface area contributed by atoms with Gasteiger partial charge >= 0.3 is 0 Å². The van der Waals surface area contributed by atoms with Crippen molar-refractivity contribution < 1.29 is 4.39 Å². The van der Waals surface area contributed by atoms with Gasteiger partial charge in [0.15, 0.2) is 0 Å². The molecule has 0 aliphatic heterocycles. The van der Waals surface area contributed by atoms with Crippen LogP contribution in [0.25, 0.3) is 0 Å². The molecule has 0 amide bonds. The van der Waals surface area contributed by atoms with Crippen LogP contribution in [0.3, 0.4) is 0 Å². The molecule has 4 heteroatoms. The molecular weight excluding hydrogens is 283 g/mol. The predicted octanol–water partition coefficient (Wildman–Crippen LogP) is 4.34. The topological polar surface area (TPSA) is 24.9 Å². The second-order valence-electron chi connectivity index (χ2n) is 3.93. The quantitative estimate of drug-likeness (QED) is 0.891. The molecule has 17 heavy (non-hydrogen) atoms. The maximum absolute atomic E-state index is 13.1. The molecule has 1 heterocycles. The standard InChI is InChI=1S/C13H12BrFN2/c1-8-5-11(14)13(16-7-8)17-10-3-4-12(15)9(2)6-10/h3-7H,1-2H3,(H,16,17). The minimum absolute atomic E-state index is 0.202. The highest BCUT2D eigenvalue weighted by atomic mass is 79.9. The molecule has 0 saturated heterocycles. The number of benzene rings is 1. The van der Waals surface area contributed by atoms with E-state index in [1.807, 2.05) is 13.0 Å². The van der Waals surface area contributed by atoms with Crippen molar-refractivity contribution in [2.75, 3.05) is 5.32 Å². The summed E-state index contributed by atoms with van der Waals surface area (Å²) in [6, 6.07) is 6.87. The Morgan fingerprint density at radius 1 is 1.24 bits per heavy atom. The zero-order chi connectivity index (χ0) is 12.4. The van der Waals surface area contributed by atoms with Gasteiger partial charge in [0.2, 0.25) is 0 Å². The predicted molar refractivity (Wildman–Crippen MR) is 71.1 cm³/mol. The van der Waals surface area contributed by atoms with Gasteiger partial charge in [-0.25, -0.2) is 9.37 Å². The number of anilines is 2. The minimum atomic E-state index is -0.202. The number of halogens is 2. The van der Waals surface area contributed by atoms with Crippen LogP contribution in [0.4, 0.5) is 15.9 Å². The van der Waals surface area contributed by atoms with E-state index in [0.717, 1.165) is 21.5 Å². The molecule has 0 radical (unpaired) electrons. The minimum Gasteiger partial charge on any atom is -0.339 e. The van der Waals surface area contributed by atoms with Gasteiger partial charge in [0.1, 0.15) is 11.6 Å². The molecule has 0 aliphatic carbocycles. The fraction of sp³-hybridized carbons (Fsp3) is 0.154. The van der Waals surface area contributed by atoms with E-state index in [1.54, 1.807) is 25.3 Å². The Morgan fingerprint density at radius 3 is 2.65 bits per heavy atom. The van der Waals surface area contributed by atoms with E-state index in [-0.39, 0.29) is 5.82 Å². The summed E-state index contributed by atoms with van der Waals surface area (Å²) in [6.45, 7) is 3.71. The smallest absolute Gasteiger partial charge is 0.144 e. The monoisotopic (exact) mass is 294 g/mol. The van der Waals surface area contributed by atoms with Gasteiger partial charge in [-0.2, -0.15) is 0 Å². The van der Waals surface area contributed by atoms with Gasteiger partial charge in [-0.1, -0.05) is 0 Å². The van der Waals surface area contributed by atoms with Crippen LogP contribution in [-0.2, 0) is 0 Å². The molecule has 1 aromatic heterocycles. The number of aromatic nitrogens is 1. The normalized spacial score (nSPS) is 10.4. The lowest BCUT2D eigenvalue weighted by atomic mass is 10.2. The summed E-state index contributed by atoms with van der Waals surface area (Å²) in [5.41, 5.74) is 2.51. The van der Waals surface area contributed by atoms with Crippen LogP contribution in [0, 0.1) is 19.7 Å². The molecule has 2 nitrogen and oxygen atoms in total. The van der Waals surface area contributed by atoms with Gasteiger partial charge in [-0.05, 0) is 65.2 Å². The van der Waals surface area contributed by atoms with E-state index in [2.05, 4.69) is 26.2 Å². The molecule has 1 aromatic carbocycles. The molecule has 0 unspecified atom stereocenters. The van der Waals surface area contributed by atoms with Gasteiger partial charge in [-0.15, -0.1) is 0 Å². The SMILES string of the molecule is Cc1cnc(Nc2ccc(F)c(C)c2)c(Br)c1. The van der Waals surface area contributed by atoms with E-state index in [4.69, 9.17) is 0 Å². The molecule has 0 spiro atoms. The molecular formula is C13H12BrFN2. The van der Waals surface area contributed by atoms with Crippen molar-refractivity contribution in [1.82, 2.24) is 4.98 Å². The Balaban J connectivity index is 2.28. The highest BCUT2D eigenvalue weighted by Gasteiger charge is 2.04. The summed E-state index contributed by atoms with van der Waals surface area (Å²) in [6.07, 6.45) is 1.78. The largest absolute Gasteiger partial charge is 0.339 e. The third-order valence-electron chi connectivity index (χ3n) is 2.40. The second kappa shape index (κ2) is 4.84. The summed E-state index contributed by atoms with van der Waals surface area (Å²) < 4.78 is 14.0. The maximum Gasteiger partial charge on any atom is 0.144 e. The highest BCUT2D eigenvalue weighted by Crippen LogP contribution is 2.25. The molecule has 1 N–H and O–H groups in total. The lowest BCUT2D eigenvalue weighted by Crippen LogP contribution is -1.96. The van der Waals surface area contributed by atoms with E-state index >= 15 is 0 Å². The summed E-state index contributed by atoms with van der Waals surface area (Å²) in [4.78, 5) is 4.27. The van der Waals surface area contributed by atoms with Crippen LogP contribution < -0.4 is 5.32 Å². The van der Waals surface area contributed by atoms with Gasteiger partial charge in [0.25, 0.3) is 0 Å². The third kappa shape index (κ3) is 2.82. The molecule has 0 aliphatic rings. The van der Waals surface area contributed by atoms with Crippen molar-refractivity contribution in [1.29, 1.82) is 0 Å². The highest BCUT2D eigenvalue weighted by molar-refractivity contribution is 9.10. The first kappa shape index (κ1) is 12.0. The fourth-order valence-corrected chi connectivity index (χ4v) is 2.05. The fourth-order valence-electron chi connectivity index (χ4n) is 1.48. The van der Waals surface area contributed by atoms with E-state index in [0.29, 0.717) is 5.56 Å². The van der Waals surface area contributed by atoms with Crippen LogP contribution in [0.5, 0.6) is 0 Å². The van der Waals surface area contributed by atoms with Crippen molar-refractivity contribution in [3.63, 3.8) is 0 Å². The van der Waals surface area contributed by atoms with Crippen LogP contribution in [0.1, 0.15) is 11.1 Å². The summed E-state index contributed by atoms with van der Waals surface area (Å²) in [5, 5.41) is 3.14. The van der Waals surface area contributed by atoms with Crippen molar-refractivity contribution in [3.8, 4) is 0 Å². The molecule has 2 rings (SSSR count). The molecule has 0 atom stereocenters. The van der Waals surface area contributed by atoms with Crippen molar-refractivity contribution in [2.45, 2.75) is 13.8 Å². The van der Waals surface area contributed by atoms with Gasteiger partial charge < -0.3 is 5.32 Å². The van der Waals surface area contributed by atoms with Gasteiger partial charge in [-0.3, -0.25) is 0 Å². The first-order valence-corrected chi connectivity index (χ1v) is 6.01. The summed E-state index contributed by atoms with van der Waals surface area (Å²) >= 11 is 3.44. The molecule has 0 saturated carbocycles. The van der Waals surface area contributed by atoms with E-state index in [9.17, 15) is 4.39 Å². The number of pyridine rings is 1. The van der Waals surface area contributed by atoms with Crippen LogP contribution in [0.2, 0.25) is 0 Å². The summed E-state index contributed by atoms with van der Waals surface area (Å²) in [5.74, 6) is 0.521. The maximum atomic E-state index is 13.1. The lowest BCUT2D eigenvalue weighted by Gasteiger charge is -2.09. The van der Waals surface area contributed by atoms with Crippen molar-refractivity contribution in [3.05, 3.63) is 51.9 Å². The van der Waals surface area contributed by atoms with Crippen molar-refractivity contribution in [2.24, 2.45) is 0 Å². The van der Waals surface area contributed by atoms with Crippen molar-refractivity contribution >= 4 is 27.4 Å². The Labute approximate surface area is 108 Å². The van der Waals surface area contributed by atoms with E-state index in [1.165, 1.54) is 6.07 Å². The molecule has 88 valence electrons. The van der Waals surface area contributed by atoms with E-state index < -0.39 is 0 Å². The summed E-state index contributed by atoms with van der Waals surface area (Å²) in [7, 11) is 0. The number of nitrogens with zero attached hydrogens (tertiary/aromatic N) is 1. The first-order chi connectivity index (χ1) is 8.06.